The summed E-state index contributed by atoms with van der Waals surface area (Å²) in [5.41, 5.74) is 3.58. The SMILES string of the molecule is CNC1(CNC(=O)Nc2cc3[nH]nc(-c4ccnc(C)c4)c3cn2)CCC1. The fourth-order valence-electron chi connectivity index (χ4n) is 3.42. The first-order valence-electron chi connectivity index (χ1n) is 9.09. The zero-order valence-electron chi connectivity index (χ0n) is 15.5. The highest BCUT2D eigenvalue weighted by Crippen LogP contribution is 2.30. The van der Waals surface area contributed by atoms with E-state index in [1.807, 2.05) is 26.1 Å². The third-order valence-corrected chi connectivity index (χ3v) is 5.29. The number of carbonyl (C=O) groups excluding carboxylic acids is 1. The second-order valence-electron chi connectivity index (χ2n) is 7.06. The van der Waals surface area contributed by atoms with Gasteiger partial charge in [-0.05, 0) is 45.4 Å². The predicted molar refractivity (Wildman–Crippen MR) is 105 cm³/mol. The number of pyridine rings is 2. The molecule has 0 unspecified atom stereocenters. The Morgan fingerprint density at radius 2 is 2.15 bits per heavy atom. The lowest BCUT2D eigenvalue weighted by atomic mass is 9.77. The Bertz CT molecular complexity index is 972. The van der Waals surface area contributed by atoms with Gasteiger partial charge in [0.25, 0.3) is 0 Å². The number of fused-ring (bicyclic) bond motifs is 1. The molecule has 0 saturated heterocycles. The van der Waals surface area contributed by atoms with E-state index in [0.29, 0.717) is 12.4 Å². The van der Waals surface area contributed by atoms with Crippen molar-refractivity contribution in [2.24, 2.45) is 0 Å². The number of nitrogens with zero attached hydrogens (tertiary/aromatic N) is 3. The van der Waals surface area contributed by atoms with Gasteiger partial charge in [0.2, 0.25) is 0 Å². The second-order valence-corrected chi connectivity index (χ2v) is 7.06. The number of urea groups is 1. The lowest BCUT2D eigenvalue weighted by Gasteiger charge is -2.41. The van der Waals surface area contributed by atoms with Gasteiger partial charge in [-0.1, -0.05) is 0 Å². The molecule has 0 bridgehead atoms. The Labute approximate surface area is 157 Å². The average molecular weight is 365 g/mol. The molecule has 27 heavy (non-hydrogen) atoms. The molecule has 3 heterocycles. The Morgan fingerprint density at radius 1 is 1.30 bits per heavy atom. The summed E-state index contributed by atoms with van der Waals surface area (Å²) in [5, 5.41) is 17.3. The van der Waals surface area contributed by atoms with E-state index in [2.05, 4.69) is 36.1 Å². The van der Waals surface area contributed by atoms with Crippen LogP contribution >= 0.6 is 0 Å². The zero-order chi connectivity index (χ0) is 18.9. The van der Waals surface area contributed by atoms with Crippen LogP contribution in [0.25, 0.3) is 22.2 Å². The lowest BCUT2D eigenvalue weighted by Crippen LogP contribution is -2.57. The zero-order valence-corrected chi connectivity index (χ0v) is 15.5. The number of H-pyrrole nitrogens is 1. The van der Waals surface area contributed by atoms with E-state index in [0.717, 1.165) is 40.7 Å². The number of aromatic amines is 1. The van der Waals surface area contributed by atoms with Crippen molar-refractivity contribution >= 4 is 22.8 Å². The summed E-state index contributed by atoms with van der Waals surface area (Å²) in [5.74, 6) is 0.480. The molecule has 1 aliphatic rings. The molecule has 1 aliphatic carbocycles. The maximum atomic E-state index is 12.2. The third kappa shape index (κ3) is 3.48. The summed E-state index contributed by atoms with van der Waals surface area (Å²) in [7, 11) is 1.94. The van der Waals surface area contributed by atoms with Gasteiger partial charge in [0.05, 0.1) is 5.52 Å². The third-order valence-electron chi connectivity index (χ3n) is 5.29. The number of hydrogen-bond acceptors (Lipinski definition) is 5. The molecule has 3 aromatic rings. The van der Waals surface area contributed by atoms with Crippen molar-refractivity contribution in [3.63, 3.8) is 0 Å². The number of aromatic nitrogens is 4. The van der Waals surface area contributed by atoms with Crippen molar-refractivity contribution in [2.75, 3.05) is 18.9 Å². The summed E-state index contributed by atoms with van der Waals surface area (Å²) in [6, 6.07) is 5.43. The van der Waals surface area contributed by atoms with Crippen LogP contribution in [0.15, 0.2) is 30.6 Å². The number of rotatable bonds is 5. The van der Waals surface area contributed by atoms with Crippen molar-refractivity contribution in [2.45, 2.75) is 31.7 Å². The monoisotopic (exact) mass is 365 g/mol. The summed E-state index contributed by atoms with van der Waals surface area (Å²) >= 11 is 0. The number of nitrogens with one attached hydrogen (secondary N) is 4. The van der Waals surface area contributed by atoms with Gasteiger partial charge < -0.3 is 10.6 Å². The Morgan fingerprint density at radius 3 is 2.85 bits per heavy atom. The molecular weight excluding hydrogens is 342 g/mol. The summed E-state index contributed by atoms with van der Waals surface area (Å²) in [6.45, 7) is 2.55. The van der Waals surface area contributed by atoms with Crippen molar-refractivity contribution in [3.8, 4) is 11.3 Å². The van der Waals surface area contributed by atoms with Gasteiger partial charge in [-0.15, -0.1) is 0 Å². The molecule has 0 aromatic carbocycles. The highest BCUT2D eigenvalue weighted by molar-refractivity contribution is 5.95. The molecule has 1 fully saturated rings. The molecule has 8 nitrogen and oxygen atoms in total. The van der Waals surface area contributed by atoms with Crippen molar-refractivity contribution < 1.29 is 4.79 Å². The predicted octanol–water partition coefficient (Wildman–Crippen LogP) is 2.59. The molecule has 4 N–H and O–H groups in total. The number of carbonyl (C=O) groups is 1. The highest BCUT2D eigenvalue weighted by Gasteiger charge is 2.35. The minimum absolute atomic E-state index is 0.0374. The Hall–Kier alpha value is -3.00. The highest BCUT2D eigenvalue weighted by atomic mass is 16.2. The molecule has 4 rings (SSSR count). The first-order valence-corrected chi connectivity index (χ1v) is 9.09. The van der Waals surface area contributed by atoms with E-state index >= 15 is 0 Å². The summed E-state index contributed by atoms with van der Waals surface area (Å²) < 4.78 is 0. The van der Waals surface area contributed by atoms with E-state index in [4.69, 9.17) is 0 Å². The van der Waals surface area contributed by atoms with Crippen LogP contribution in [0.4, 0.5) is 10.6 Å². The first kappa shape index (κ1) is 17.4. The van der Waals surface area contributed by atoms with Crippen LogP contribution in [-0.2, 0) is 0 Å². The fourth-order valence-corrected chi connectivity index (χ4v) is 3.42. The molecule has 0 aliphatic heterocycles. The first-order chi connectivity index (χ1) is 13.1. The molecule has 3 aromatic heterocycles. The van der Waals surface area contributed by atoms with Crippen molar-refractivity contribution in [1.29, 1.82) is 0 Å². The van der Waals surface area contributed by atoms with E-state index in [9.17, 15) is 4.79 Å². The van der Waals surface area contributed by atoms with Crippen LogP contribution < -0.4 is 16.0 Å². The van der Waals surface area contributed by atoms with Crippen LogP contribution in [0.5, 0.6) is 0 Å². The Balaban J connectivity index is 1.47. The molecule has 0 spiro atoms. The quantitative estimate of drug-likeness (QED) is 0.556. The van der Waals surface area contributed by atoms with Crippen LogP contribution in [0.1, 0.15) is 25.0 Å². The Kier molecular flexibility index (Phi) is 4.49. The molecule has 0 radical (unpaired) electrons. The van der Waals surface area contributed by atoms with E-state index in [1.54, 1.807) is 18.5 Å². The van der Waals surface area contributed by atoms with Gasteiger partial charge in [0.1, 0.15) is 11.5 Å². The molecule has 0 atom stereocenters. The maximum absolute atomic E-state index is 12.2. The molecule has 140 valence electrons. The average Bonchev–Trinajstić information content (AvgIpc) is 3.04. The number of hydrogen-bond donors (Lipinski definition) is 4. The molecule has 8 heteroatoms. The number of amides is 2. The van der Waals surface area contributed by atoms with Gasteiger partial charge in [-0.25, -0.2) is 9.78 Å². The van der Waals surface area contributed by atoms with Crippen LogP contribution in [0.2, 0.25) is 0 Å². The maximum Gasteiger partial charge on any atom is 0.320 e. The second kappa shape index (κ2) is 6.96. The van der Waals surface area contributed by atoms with E-state index in [-0.39, 0.29) is 11.6 Å². The summed E-state index contributed by atoms with van der Waals surface area (Å²) in [4.78, 5) is 20.8. The van der Waals surface area contributed by atoms with Crippen molar-refractivity contribution in [1.82, 2.24) is 30.8 Å². The normalized spacial score (nSPS) is 15.3. The van der Waals surface area contributed by atoms with Gasteiger partial charge in [-0.3, -0.25) is 15.4 Å². The smallest absolute Gasteiger partial charge is 0.320 e. The molecule has 1 saturated carbocycles. The summed E-state index contributed by atoms with van der Waals surface area (Å²) in [6.07, 6.45) is 6.85. The minimum atomic E-state index is -0.257. The molecular formula is C19H23N7O. The van der Waals surface area contributed by atoms with Crippen LogP contribution in [0.3, 0.4) is 0 Å². The number of aryl methyl sites for hydroxylation is 1. The van der Waals surface area contributed by atoms with Gasteiger partial charge in [0, 0.05) is 47.2 Å². The largest absolute Gasteiger partial charge is 0.336 e. The fraction of sp³-hybridized carbons (Fsp3) is 0.368. The molecule has 2 amide bonds. The van der Waals surface area contributed by atoms with Crippen LogP contribution in [0, 0.1) is 6.92 Å². The van der Waals surface area contributed by atoms with Gasteiger partial charge in [-0.2, -0.15) is 5.10 Å². The number of likely N-dealkylation sites (N-methyl/N-ethyl adjacent to an activating group) is 1. The lowest BCUT2D eigenvalue weighted by molar-refractivity contribution is 0.191. The minimum Gasteiger partial charge on any atom is -0.336 e. The van der Waals surface area contributed by atoms with Gasteiger partial charge in [0.15, 0.2) is 0 Å². The van der Waals surface area contributed by atoms with Crippen LogP contribution in [-0.4, -0.2) is 45.3 Å². The van der Waals surface area contributed by atoms with Gasteiger partial charge >= 0.3 is 6.03 Å². The topological polar surface area (TPSA) is 108 Å². The van der Waals surface area contributed by atoms with Crippen molar-refractivity contribution in [3.05, 3.63) is 36.3 Å². The van der Waals surface area contributed by atoms with E-state index in [1.165, 1.54) is 6.42 Å². The van der Waals surface area contributed by atoms with E-state index < -0.39 is 0 Å². The standard InChI is InChI=1S/C19H23N7O/c1-12-8-13(4-7-21-12)17-14-10-22-16(9-15(14)25-26-17)24-18(27)23-11-19(20-2)5-3-6-19/h4,7-10,20H,3,5-6,11H2,1-2H3,(H,25,26)(H2,22,23,24,27). The number of anilines is 1.